The predicted octanol–water partition coefficient (Wildman–Crippen LogP) is -0.747. The average Bonchev–Trinajstić information content (AvgIpc) is 2.63. The first-order chi connectivity index (χ1) is 8.64. The number of anilines is 1. The van der Waals surface area contributed by atoms with Crippen molar-refractivity contribution < 1.29 is 8.42 Å². The molecule has 3 heterocycles. The zero-order valence-corrected chi connectivity index (χ0v) is 10.7. The average molecular weight is 269 g/mol. The smallest absolute Gasteiger partial charge is 0.304 e. The van der Waals surface area contributed by atoms with Crippen LogP contribution in [0, 0.1) is 0 Å². The van der Waals surface area contributed by atoms with E-state index in [1.165, 1.54) is 4.31 Å². The normalized spacial score (nSPS) is 25.4. The van der Waals surface area contributed by atoms with Gasteiger partial charge in [-0.2, -0.15) is 13.1 Å². The van der Waals surface area contributed by atoms with Crippen LogP contribution in [0.15, 0.2) is 18.5 Å². The Balaban J connectivity index is 2.06. The van der Waals surface area contributed by atoms with Crippen molar-refractivity contribution in [1.29, 1.82) is 0 Å². The second-order valence-electron chi connectivity index (χ2n) is 4.61. The minimum Gasteiger partial charge on any atom is -0.317 e. The summed E-state index contributed by atoms with van der Waals surface area (Å²) in [5, 5.41) is 3.25. The molecule has 0 unspecified atom stereocenters. The molecule has 2 aliphatic rings. The van der Waals surface area contributed by atoms with Crippen LogP contribution in [-0.4, -0.2) is 43.6 Å². The second-order valence-corrected chi connectivity index (χ2v) is 6.22. The molecule has 0 atom stereocenters. The number of piperidine rings is 1. The van der Waals surface area contributed by atoms with Crippen LogP contribution < -0.4 is 14.3 Å². The van der Waals surface area contributed by atoms with E-state index in [2.05, 4.69) is 20.0 Å². The fourth-order valence-electron chi connectivity index (χ4n) is 2.60. The largest absolute Gasteiger partial charge is 0.317 e. The third-order valence-electron chi connectivity index (χ3n) is 3.52. The van der Waals surface area contributed by atoms with Crippen LogP contribution in [0.25, 0.3) is 0 Å². The predicted molar refractivity (Wildman–Crippen MR) is 66.3 cm³/mol. The topological polar surface area (TPSA) is 87.2 Å². The van der Waals surface area contributed by atoms with Gasteiger partial charge in [-0.1, -0.05) is 0 Å². The van der Waals surface area contributed by atoms with E-state index >= 15 is 0 Å². The van der Waals surface area contributed by atoms with Gasteiger partial charge < -0.3 is 5.32 Å². The highest BCUT2D eigenvalue weighted by Crippen LogP contribution is 2.35. The van der Waals surface area contributed by atoms with Crippen molar-refractivity contribution in [3.8, 4) is 0 Å². The van der Waals surface area contributed by atoms with E-state index in [1.807, 2.05) is 0 Å². The van der Waals surface area contributed by atoms with Gasteiger partial charge in [0.2, 0.25) is 5.95 Å². The zero-order valence-electron chi connectivity index (χ0n) is 9.83. The van der Waals surface area contributed by atoms with Gasteiger partial charge in [-0.25, -0.2) is 14.3 Å². The maximum absolute atomic E-state index is 12.2. The van der Waals surface area contributed by atoms with Crippen molar-refractivity contribution in [2.45, 2.75) is 18.4 Å². The maximum Gasteiger partial charge on any atom is 0.304 e. The number of hydrogen-bond donors (Lipinski definition) is 2. The van der Waals surface area contributed by atoms with Gasteiger partial charge in [-0.15, -0.1) is 0 Å². The molecule has 0 radical (unpaired) electrons. The number of rotatable bonds is 1. The van der Waals surface area contributed by atoms with Crippen molar-refractivity contribution >= 4 is 16.2 Å². The molecule has 18 heavy (non-hydrogen) atoms. The molecule has 1 spiro atoms. The van der Waals surface area contributed by atoms with E-state index in [0.29, 0.717) is 6.54 Å². The quantitative estimate of drug-likeness (QED) is 0.700. The Morgan fingerprint density at radius 1 is 1.22 bits per heavy atom. The molecule has 0 bridgehead atoms. The molecule has 8 heteroatoms. The highest BCUT2D eigenvalue weighted by molar-refractivity contribution is 7.91. The van der Waals surface area contributed by atoms with Crippen molar-refractivity contribution in [2.75, 3.05) is 23.9 Å². The minimum absolute atomic E-state index is 0.254. The van der Waals surface area contributed by atoms with Gasteiger partial charge in [0.25, 0.3) is 0 Å². The van der Waals surface area contributed by atoms with Crippen LogP contribution in [0.2, 0.25) is 0 Å². The molecule has 0 amide bonds. The van der Waals surface area contributed by atoms with Crippen molar-refractivity contribution in [2.24, 2.45) is 0 Å². The van der Waals surface area contributed by atoms with E-state index in [-0.39, 0.29) is 5.95 Å². The molecular weight excluding hydrogens is 254 g/mol. The van der Waals surface area contributed by atoms with Gasteiger partial charge in [0, 0.05) is 18.9 Å². The van der Waals surface area contributed by atoms with E-state index in [1.54, 1.807) is 18.5 Å². The first kappa shape index (κ1) is 11.8. The zero-order chi connectivity index (χ0) is 12.6. The second kappa shape index (κ2) is 4.15. The summed E-state index contributed by atoms with van der Waals surface area (Å²) < 4.78 is 28.3. The number of nitrogens with zero attached hydrogens (tertiary/aromatic N) is 3. The first-order valence-corrected chi connectivity index (χ1v) is 7.36. The van der Waals surface area contributed by atoms with E-state index in [4.69, 9.17) is 0 Å². The standard InChI is InChI=1S/C10H15N5O2S/c16-18(17)14-8-10(2-6-11-7-3-10)15(18)9-12-4-1-5-13-9/h1,4-5,11,14H,2-3,6-8H2. The monoisotopic (exact) mass is 269 g/mol. The molecule has 0 aliphatic carbocycles. The summed E-state index contributed by atoms with van der Waals surface area (Å²) in [6.07, 6.45) is 4.64. The summed E-state index contributed by atoms with van der Waals surface area (Å²) in [5.74, 6) is 0.254. The highest BCUT2D eigenvalue weighted by atomic mass is 32.2. The lowest BCUT2D eigenvalue weighted by Gasteiger charge is -2.38. The van der Waals surface area contributed by atoms with Crippen molar-refractivity contribution in [3.05, 3.63) is 18.5 Å². The molecule has 0 aromatic carbocycles. The maximum atomic E-state index is 12.2. The molecule has 2 N–H and O–H groups in total. The number of nitrogens with one attached hydrogen (secondary N) is 2. The molecule has 2 aliphatic heterocycles. The summed E-state index contributed by atoms with van der Waals surface area (Å²) in [6, 6.07) is 1.68. The Hall–Kier alpha value is -1.25. The van der Waals surface area contributed by atoms with E-state index < -0.39 is 15.7 Å². The fourth-order valence-corrected chi connectivity index (χ4v) is 4.25. The summed E-state index contributed by atoms with van der Waals surface area (Å²) in [7, 11) is -3.52. The Kier molecular flexibility index (Phi) is 2.72. The van der Waals surface area contributed by atoms with E-state index in [0.717, 1.165) is 25.9 Å². The Labute approximate surface area is 106 Å². The van der Waals surface area contributed by atoms with Crippen molar-refractivity contribution in [3.63, 3.8) is 0 Å². The van der Waals surface area contributed by atoms with Gasteiger partial charge >= 0.3 is 10.2 Å². The Morgan fingerprint density at radius 3 is 2.56 bits per heavy atom. The number of aromatic nitrogens is 2. The van der Waals surface area contributed by atoms with Gasteiger partial charge in [0.1, 0.15) is 0 Å². The summed E-state index contributed by atoms with van der Waals surface area (Å²) >= 11 is 0. The van der Waals surface area contributed by atoms with Crippen LogP contribution >= 0.6 is 0 Å². The van der Waals surface area contributed by atoms with E-state index in [9.17, 15) is 8.42 Å². The third kappa shape index (κ3) is 1.76. The molecule has 7 nitrogen and oxygen atoms in total. The van der Waals surface area contributed by atoms with Crippen LogP contribution in [-0.2, 0) is 10.2 Å². The minimum atomic E-state index is -3.52. The Bertz CT molecular complexity index is 526. The van der Waals surface area contributed by atoms with Gasteiger partial charge in [-0.05, 0) is 32.0 Å². The summed E-state index contributed by atoms with van der Waals surface area (Å²) in [5.41, 5.74) is -0.425. The van der Waals surface area contributed by atoms with Gasteiger partial charge in [-0.3, -0.25) is 0 Å². The SMILES string of the molecule is O=S1(=O)NCC2(CCNCC2)N1c1ncccn1. The fraction of sp³-hybridized carbons (Fsp3) is 0.600. The first-order valence-electron chi connectivity index (χ1n) is 5.92. The van der Waals surface area contributed by atoms with Crippen molar-refractivity contribution in [1.82, 2.24) is 20.0 Å². The molecule has 98 valence electrons. The van der Waals surface area contributed by atoms with Crippen LogP contribution in [0.4, 0.5) is 5.95 Å². The molecule has 1 aromatic rings. The molecular formula is C10H15N5O2S. The lowest BCUT2D eigenvalue weighted by atomic mass is 9.88. The summed E-state index contributed by atoms with van der Waals surface area (Å²) in [6.45, 7) is 2.04. The molecule has 2 fully saturated rings. The highest BCUT2D eigenvalue weighted by Gasteiger charge is 2.51. The van der Waals surface area contributed by atoms with Crippen LogP contribution in [0.1, 0.15) is 12.8 Å². The van der Waals surface area contributed by atoms with Crippen LogP contribution in [0.3, 0.4) is 0 Å². The molecule has 3 rings (SSSR count). The summed E-state index contributed by atoms with van der Waals surface area (Å²) in [4.78, 5) is 8.16. The third-order valence-corrected chi connectivity index (χ3v) is 5.06. The molecule has 0 saturated carbocycles. The molecule has 1 aromatic heterocycles. The number of hydrogen-bond acceptors (Lipinski definition) is 5. The molecule has 2 saturated heterocycles. The lowest BCUT2D eigenvalue weighted by molar-refractivity contribution is 0.329. The Morgan fingerprint density at radius 2 is 1.89 bits per heavy atom. The van der Waals surface area contributed by atoms with Gasteiger partial charge in [0.05, 0.1) is 5.54 Å². The van der Waals surface area contributed by atoms with Crippen LogP contribution in [0.5, 0.6) is 0 Å². The lowest BCUT2D eigenvalue weighted by Crippen LogP contribution is -2.54. The van der Waals surface area contributed by atoms with Gasteiger partial charge in [0.15, 0.2) is 0 Å².